The van der Waals surface area contributed by atoms with Gasteiger partial charge in [-0.15, -0.1) is 0 Å². The quantitative estimate of drug-likeness (QED) is 0.656. The number of aliphatic hydroxyl groups excluding tert-OH is 1. The Morgan fingerprint density at radius 3 is 2.86 bits per heavy atom. The fraction of sp³-hybridized carbons (Fsp3) is 0.500. The summed E-state index contributed by atoms with van der Waals surface area (Å²) >= 11 is 0. The lowest BCUT2D eigenvalue weighted by molar-refractivity contribution is -0.385. The van der Waals surface area contributed by atoms with E-state index in [-0.39, 0.29) is 17.3 Å². The summed E-state index contributed by atoms with van der Waals surface area (Å²) in [6.45, 7) is 1.25. The van der Waals surface area contributed by atoms with Crippen molar-refractivity contribution < 1.29 is 10.0 Å². The van der Waals surface area contributed by atoms with Crippen molar-refractivity contribution in [3.8, 4) is 6.07 Å². The smallest absolute Gasteiger partial charge is 0.287 e. The summed E-state index contributed by atoms with van der Waals surface area (Å²) in [5, 5.41) is 29.8. The lowest BCUT2D eigenvalue weighted by atomic mass is 10.1. The lowest BCUT2D eigenvalue weighted by Crippen LogP contribution is -2.37. The number of nitro groups is 1. The fourth-order valence-electron chi connectivity index (χ4n) is 2.75. The first-order valence-corrected chi connectivity index (χ1v) is 6.70. The van der Waals surface area contributed by atoms with Crippen LogP contribution in [-0.2, 0) is 0 Å². The van der Waals surface area contributed by atoms with Crippen LogP contribution in [0.5, 0.6) is 0 Å². The first-order valence-electron chi connectivity index (χ1n) is 6.70. The number of likely N-dealkylation sites (N-methyl/N-ethyl adjacent to an activating group) is 1. The number of rotatable bonds is 4. The Morgan fingerprint density at radius 2 is 2.29 bits per heavy atom. The van der Waals surface area contributed by atoms with Crippen LogP contribution in [0.15, 0.2) is 18.2 Å². The van der Waals surface area contributed by atoms with Gasteiger partial charge in [-0.1, -0.05) is 0 Å². The van der Waals surface area contributed by atoms with Crippen LogP contribution in [0.1, 0.15) is 12.0 Å². The second-order valence-corrected chi connectivity index (χ2v) is 5.53. The van der Waals surface area contributed by atoms with Crippen LogP contribution in [-0.4, -0.2) is 54.3 Å². The minimum Gasteiger partial charge on any atom is -0.391 e. The topological polar surface area (TPSA) is 93.6 Å². The monoisotopic (exact) mass is 290 g/mol. The highest BCUT2D eigenvalue weighted by atomic mass is 16.6. The van der Waals surface area contributed by atoms with E-state index in [2.05, 4.69) is 0 Å². The number of nitro benzene ring substituents is 1. The number of anilines is 1. The molecular formula is C14H18N4O3. The maximum absolute atomic E-state index is 10.9. The van der Waals surface area contributed by atoms with Crippen LogP contribution in [0.4, 0.5) is 11.4 Å². The largest absolute Gasteiger partial charge is 0.391 e. The maximum Gasteiger partial charge on any atom is 0.287 e. The molecule has 1 aliphatic rings. The summed E-state index contributed by atoms with van der Waals surface area (Å²) in [4.78, 5) is 14.4. The molecule has 0 bridgehead atoms. The number of hydrogen-bond acceptors (Lipinski definition) is 6. The number of β-amino-alcohol motifs (C(OH)–C–C–N with tert-alkyl or cyclic N) is 1. The van der Waals surface area contributed by atoms with Gasteiger partial charge in [0.2, 0.25) is 0 Å². The van der Waals surface area contributed by atoms with Crippen molar-refractivity contribution in [1.29, 1.82) is 5.26 Å². The van der Waals surface area contributed by atoms with Gasteiger partial charge in [-0.3, -0.25) is 10.1 Å². The second kappa shape index (κ2) is 6.08. The van der Waals surface area contributed by atoms with Crippen LogP contribution in [0.2, 0.25) is 0 Å². The highest BCUT2D eigenvalue weighted by Gasteiger charge is 2.32. The average molecular weight is 290 g/mol. The summed E-state index contributed by atoms with van der Waals surface area (Å²) < 4.78 is 0. The van der Waals surface area contributed by atoms with Gasteiger partial charge < -0.3 is 14.9 Å². The predicted octanol–water partition coefficient (Wildman–Crippen LogP) is 0.968. The average Bonchev–Trinajstić information content (AvgIpc) is 2.77. The van der Waals surface area contributed by atoms with Crippen molar-refractivity contribution in [3.05, 3.63) is 33.9 Å². The Bertz CT molecular complexity index is 582. The summed E-state index contributed by atoms with van der Waals surface area (Å²) in [6, 6.07) is 6.51. The molecule has 2 atom stereocenters. The van der Waals surface area contributed by atoms with Gasteiger partial charge in [0.1, 0.15) is 11.6 Å². The van der Waals surface area contributed by atoms with Crippen molar-refractivity contribution in [2.75, 3.05) is 32.1 Å². The lowest BCUT2D eigenvalue weighted by Gasteiger charge is -2.28. The Kier molecular flexibility index (Phi) is 4.40. The molecule has 112 valence electrons. The van der Waals surface area contributed by atoms with Gasteiger partial charge in [0.15, 0.2) is 0 Å². The molecule has 1 aliphatic heterocycles. The Labute approximate surface area is 123 Å². The molecule has 1 aromatic rings. The van der Waals surface area contributed by atoms with Crippen molar-refractivity contribution in [2.24, 2.45) is 0 Å². The fourth-order valence-corrected chi connectivity index (χ4v) is 2.75. The van der Waals surface area contributed by atoms with Crippen LogP contribution in [0, 0.1) is 21.4 Å². The van der Waals surface area contributed by atoms with E-state index >= 15 is 0 Å². The zero-order chi connectivity index (χ0) is 15.6. The van der Waals surface area contributed by atoms with Crippen molar-refractivity contribution in [1.82, 2.24) is 4.90 Å². The maximum atomic E-state index is 10.9. The summed E-state index contributed by atoms with van der Waals surface area (Å²) in [6.07, 6.45) is 0.229. The molecule has 1 heterocycles. The second-order valence-electron chi connectivity index (χ2n) is 5.53. The van der Waals surface area contributed by atoms with Crippen LogP contribution in [0.25, 0.3) is 0 Å². The van der Waals surface area contributed by atoms with Crippen LogP contribution in [0.3, 0.4) is 0 Å². The van der Waals surface area contributed by atoms with E-state index in [4.69, 9.17) is 5.26 Å². The zero-order valence-electron chi connectivity index (χ0n) is 12.1. The van der Waals surface area contributed by atoms with Crippen molar-refractivity contribution in [3.63, 3.8) is 0 Å². The molecule has 0 saturated carbocycles. The molecule has 0 radical (unpaired) electrons. The van der Waals surface area contributed by atoms with E-state index in [1.807, 2.05) is 30.0 Å². The first kappa shape index (κ1) is 15.2. The molecule has 21 heavy (non-hydrogen) atoms. The standard InChI is InChI=1S/C14H18N4O3/c1-16(2)8-12-6-13(19)9-17(12)11-3-4-14(18(20)21)10(5-11)7-15/h3-5,12-13,19H,6,8-9H2,1-2H3. The predicted molar refractivity (Wildman–Crippen MR) is 78.1 cm³/mol. The van der Waals surface area contributed by atoms with Crippen LogP contribution < -0.4 is 4.90 Å². The number of nitrogens with zero attached hydrogens (tertiary/aromatic N) is 4. The molecule has 7 nitrogen and oxygen atoms in total. The number of hydrogen-bond donors (Lipinski definition) is 1. The third-order valence-corrected chi connectivity index (χ3v) is 3.60. The minimum absolute atomic E-state index is 0.0440. The van der Waals surface area contributed by atoms with E-state index in [1.165, 1.54) is 12.1 Å². The summed E-state index contributed by atoms with van der Waals surface area (Å²) in [7, 11) is 3.92. The Morgan fingerprint density at radius 1 is 1.57 bits per heavy atom. The van der Waals surface area contributed by atoms with Gasteiger partial charge in [-0.25, -0.2) is 0 Å². The van der Waals surface area contributed by atoms with Gasteiger partial charge in [-0.2, -0.15) is 5.26 Å². The van der Waals surface area contributed by atoms with Crippen LogP contribution >= 0.6 is 0 Å². The molecule has 1 fully saturated rings. The first-order chi connectivity index (χ1) is 9.92. The third-order valence-electron chi connectivity index (χ3n) is 3.60. The molecule has 2 rings (SSSR count). The van der Waals surface area contributed by atoms with E-state index in [9.17, 15) is 15.2 Å². The molecule has 0 spiro atoms. The number of nitriles is 1. The van der Waals surface area contributed by atoms with Gasteiger partial charge >= 0.3 is 0 Å². The molecular weight excluding hydrogens is 272 g/mol. The van der Waals surface area contributed by atoms with E-state index in [0.717, 1.165) is 12.2 Å². The molecule has 0 amide bonds. The third kappa shape index (κ3) is 3.29. The Balaban J connectivity index is 2.32. The zero-order valence-corrected chi connectivity index (χ0v) is 12.1. The van der Waals surface area contributed by atoms with Gasteiger partial charge in [0, 0.05) is 30.9 Å². The Hall–Kier alpha value is -2.17. The summed E-state index contributed by atoms with van der Waals surface area (Å²) in [5.74, 6) is 0. The van der Waals surface area contributed by atoms with Crippen molar-refractivity contribution in [2.45, 2.75) is 18.6 Å². The molecule has 2 unspecified atom stereocenters. The SMILES string of the molecule is CN(C)CC1CC(O)CN1c1ccc([N+](=O)[O-])c(C#N)c1. The number of aliphatic hydroxyl groups is 1. The van der Waals surface area contributed by atoms with Gasteiger partial charge in [0.25, 0.3) is 5.69 Å². The number of benzene rings is 1. The minimum atomic E-state index is -0.557. The van der Waals surface area contributed by atoms with E-state index in [1.54, 1.807) is 6.07 Å². The van der Waals surface area contributed by atoms with Crippen molar-refractivity contribution >= 4 is 11.4 Å². The van der Waals surface area contributed by atoms with Gasteiger partial charge in [0.05, 0.1) is 11.0 Å². The molecule has 1 aromatic carbocycles. The molecule has 1 N–H and O–H groups in total. The highest BCUT2D eigenvalue weighted by molar-refractivity contribution is 5.60. The van der Waals surface area contributed by atoms with E-state index < -0.39 is 11.0 Å². The molecule has 0 aromatic heterocycles. The summed E-state index contributed by atoms with van der Waals surface area (Å²) in [5.41, 5.74) is 0.591. The van der Waals surface area contributed by atoms with Gasteiger partial charge in [-0.05, 0) is 32.6 Å². The normalized spacial score (nSPS) is 21.6. The molecule has 1 saturated heterocycles. The molecule has 0 aliphatic carbocycles. The molecule has 7 heteroatoms. The highest BCUT2D eigenvalue weighted by Crippen LogP contribution is 2.30. The van der Waals surface area contributed by atoms with E-state index in [0.29, 0.717) is 13.0 Å².